The van der Waals surface area contributed by atoms with Crippen LogP contribution < -0.4 is 5.32 Å². The summed E-state index contributed by atoms with van der Waals surface area (Å²) in [6, 6.07) is 4.21. The highest BCUT2D eigenvalue weighted by Crippen LogP contribution is 2.41. The van der Waals surface area contributed by atoms with Gasteiger partial charge in [0.05, 0.1) is 0 Å². The Morgan fingerprint density at radius 2 is 2.06 bits per heavy atom. The Balaban J connectivity index is 2.02. The zero-order chi connectivity index (χ0) is 26.2. The standard InChI is InChI=1S/C30H37F2N3O/c1-6-8-10-28(23(7-2)16-18-36)35-27(14-15-30(35)29-11-9-17-34(29)5)21(3)22(4)33-20-24-12-13-25(31)19-26(24)32/h7-8,10,12-13,16,19,29-30,33H,2,4,6,9,11,14-15,17,20H2,1,3,5H3/b10-8+,27-21+,28-23-. The van der Waals surface area contributed by atoms with Crippen LogP contribution in [0.4, 0.5) is 8.78 Å². The number of nitrogens with zero attached hydrogens (tertiary/aromatic N) is 2. The average Bonchev–Trinajstić information content (AvgIpc) is 3.48. The third-order valence-corrected chi connectivity index (χ3v) is 7.21. The van der Waals surface area contributed by atoms with Gasteiger partial charge in [0.2, 0.25) is 0 Å². The first-order valence-corrected chi connectivity index (χ1v) is 12.6. The van der Waals surface area contributed by atoms with Gasteiger partial charge in [-0.3, -0.25) is 0 Å². The third-order valence-electron chi connectivity index (χ3n) is 7.21. The van der Waals surface area contributed by atoms with Crippen LogP contribution in [0.1, 0.15) is 51.5 Å². The fourth-order valence-electron chi connectivity index (χ4n) is 5.23. The summed E-state index contributed by atoms with van der Waals surface area (Å²) in [5.74, 6) is 0.741. The van der Waals surface area contributed by atoms with Crippen LogP contribution in [-0.2, 0) is 11.3 Å². The van der Waals surface area contributed by atoms with E-state index >= 15 is 0 Å². The molecule has 3 rings (SSSR count). The summed E-state index contributed by atoms with van der Waals surface area (Å²) in [5.41, 5.74) is 4.79. The van der Waals surface area contributed by atoms with Crippen molar-refractivity contribution in [3.05, 3.63) is 101 Å². The van der Waals surface area contributed by atoms with E-state index in [1.165, 1.54) is 18.2 Å². The zero-order valence-electron chi connectivity index (χ0n) is 21.6. The topological polar surface area (TPSA) is 35.6 Å². The Kier molecular flexibility index (Phi) is 9.63. The first kappa shape index (κ1) is 27.4. The summed E-state index contributed by atoms with van der Waals surface area (Å²) >= 11 is 0. The lowest BCUT2D eigenvalue weighted by Gasteiger charge is -2.37. The molecule has 36 heavy (non-hydrogen) atoms. The molecular formula is C30H37F2N3O. The van der Waals surface area contributed by atoms with Gasteiger partial charge in [0.15, 0.2) is 0 Å². The van der Waals surface area contributed by atoms with Crippen molar-refractivity contribution < 1.29 is 13.6 Å². The van der Waals surface area contributed by atoms with Gasteiger partial charge < -0.3 is 15.1 Å². The van der Waals surface area contributed by atoms with Crippen LogP contribution in [0.15, 0.2) is 83.9 Å². The maximum atomic E-state index is 14.2. The smallest absolute Gasteiger partial charge is 0.131 e. The Morgan fingerprint density at radius 3 is 2.67 bits per heavy atom. The number of likely N-dealkylation sites (tertiary alicyclic amines) is 2. The molecule has 0 saturated carbocycles. The molecule has 2 unspecified atom stereocenters. The number of allylic oxidation sites excluding steroid dienone is 7. The zero-order valence-corrected chi connectivity index (χ0v) is 21.6. The van der Waals surface area contributed by atoms with Crippen molar-refractivity contribution in [3.8, 4) is 0 Å². The number of hydrogen-bond donors (Lipinski definition) is 1. The first-order valence-electron chi connectivity index (χ1n) is 12.6. The number of halogens is 2. The highest BCUT2D eigenvalue weighted by atomic mass is 19.1. The van der Waals surface area contributed by atoms with Crippen molar-refractivity contribution in [3.63, 3.8) is 0 Å². The predicted octanol–water partition coefficient (Wildman–Crippen LogP) is 6.19. The van der Waals surface area contributed by atoms with Gasteiger partial charge in [-0.15, -0.1) is 0 Å². The van der Waals surface area contributed by atoms with E-state index in [1.54, 1.807) is 6.08 Å². The summed E-state index contributed by atoms with van der Waals surface area (Å²) in [6.45, 7) is 13.5. The minimum absolute atomic E-state index is 0.203. The summed E-state index contributed by atoms with van der Waals surface area (Å²) in [4.78, 5) is 16.1. The van der Waals surface area contributed by atoms with E-state index < -0.39 is 11.6 Å². The van der Waals surface area contributed by atoms with Crippen LogP contribution >= 0.6 is 0 Å². The van der Waals surface area contributed by atoms with Gasteiger partial charge in [0.25, 0.3) is 0 Å². The summed E-state index contributed by atoms with van der Waals surface area (Å²) in [7, 11) is 2.17. The molecule has 1 aromatic carbocycles. The van der Waals surface area contributed by atoms with Crippen LogP contribution in [-0.4, -0.2) is 41.4 Å². The van der Waals surface area contributed by atoms with Crippen LogP contribution in [0.3, 0.4) is 0 Å². The molecule has 0 bridgehead atoms. The Bertz CT molecular complexity index is 1130. The van der Waals surface area contributed by atoms with Gasteiger partial charge in [-0.1, -0.05) is 38.3 Å². The van der Waals surface area contributed by atoms with E-state index in [-0.39, 0.29) is 12.6 Å². The van der Waals surface area contributed by atoms with E-state index in [9.17, 15) is 13.6 Å². The maximum Gasteiger partial charge on any atom is 0.131 e. The molecule has 2 aliphatic rings. The molecule has 1 N–H and O–H groups in total. The Hall–Kier alpha value is -3.21. The van der Waals surface area contributed by atoms with Crippen molar-refractivity contribution in [2.75, 3.05) is 13.6 Å². The lowest BCUT2D eigenvalue weighted by molar-refractivity contribution is 0.196. The van der Waals surface area contributed by atoms with Crippen molar-refractivity contribution in [2.24, 2.45) is 0 Å². The first-order chi connectivity index (χ1) is 17.3. The van der Waals surface area contributed by atoms with Crippen LogP contribution in [0.25, 0.3) is 0 Å². The van der Waals surface area contributed by atoms with Crippen molar-refractivity contribution in [1.82, 2.24) is 15.1 Å². The van der Waals surface area contributed by atoms with Crippen LogP contribution in [0.2, 0.25) is 0 Å². The predicted molar refractivity (Wildman–Crippen MR) is 142 cm³/mol. The summed E-state index contributed by atoms with van der Waals surface area (Å²) in [5, 5.41) is 3.22. The second-order valence-corrected chi connectivity index (χ2v) is 9.42. The van der Waals surface area contributed by atoms with Gasteiger partial charge in [-0.05, 0) is 70.3 Å². The van der Waals surface area contributed by atoms with Crippen molar-refractivity contribution in [1.29, 1.82) is 0 Å². The molecule has 192 valence electrons. The minimum atomic E-state index is -0.597. The lowest BCUT2D eigenvalue weighted by atomic mass is 10.0. The molecule has 6 heteroatoms. The minimum Gasteiger partial charge on any atom is -0.381 e. The quantitative estimate of drug-likeness (QED) is 0.311. The Labute approximate surface area is 214 Å². The summed E-state index contributed by atoms with van der Waals surface area (Å²) in [6.07, 6.45) is 12.2. The number of benzene rings is 1. The number of nitrogens with one attached hydrogen (secondary N) is 1. The molecule has 2 aliphatic heterocycles. The normalized spacial score (nSPS) is 22.4. The molecule has 2 fully saturated rings. The molecule has 2 atom stereocenters. The molecule has 4 nitrogen and oxygen atoms in total. The molecule has 1 aromatic rings. The van der Waals surface area contributed by atoms with Gasteiger partial charge >= 0.3 is 0 Å². The fraction of sp³-hybridized carbons (Fsp3) is 0.400. The second-order valence-electron chi connectivity index (χ2n) is 9.42. The number of carbonyl (C=O) groups excluding carboxylic acids is 1. The SMILES string of the molecule is C=C/C(C=C=O)=C(\C=C\CC)N1/C(=C(\C)C(=C)NCc2ccc(F)cc2F)CCC1C1CCCN1C. The van der Waals surface area contributed by atoms with Gasteiger partial charge in [-0.2, -0.15) is 0 Å². The summed E-state index contributed by atoms with van der Waals surface area (Å²) < 4.78 is 27.4. The van der Waals surface area contributed by atoms with E-state index in [1.807, 2.05) is 12.9 Å². The molecule has 2 heterocycles. The number of rotatable bonds is 10. The van der Waals surface area contributed by atoms with E-state index in [0.29, 0.717) is 17.3 Å². The van der Waals surface area contributed by atoms with E-state index in [0.717, 1.165) is 67.3 Å². The molecule has 0 spiro atoms. The van der Waals surface area contributed by atoms with Gasteiger partial charge in [0, 0.05) is 59.0 Å². The number of hydrogen-bond acceptors (Lipinski definition) is 4. The van der Waals surface area contributed by atoms with Gasteiger partial charge in [-0.25, -0.2) is 13.6 Å². The van der Waals surface area contributed by atoms with Crippen molar-refractivity contribution in [2.45, 2.75) is 64.6 Å². The second kappa shape index (κ2) is 12.7. The van der Waals surface area contributed by atoms with E-state index in [4.69, 9.17) is 0 Å². The molecular weight excluding hydrogens is 456 g/mol. The molecule has 0 amide bonds. The molecule has 0 aliphatic carbocycles. The molecule has 2 saturated heterocycles. The third kappa shape index (κ3) is 6.13. The number of likely N-dealkylation sites (N-methyl/N-ethyl adjacent to an activating group) is 1. The monoisotopic (exact) mass is 493 g/mol. The van der Waals surface area contributed by atoms with Gasteiger partial charge in [0.1, 0.15) is 17.6 Å². The van der Waals surface area contributed by atoms with Crippen molar-refractivity contribution >= 4 is 5.94 Å². The maximum absolute atomic E-state index is 14.2. The largest absolute Gasteiger partial charge is 0.381 e. The average molecular weight is 494 g/mol. The molecule has 0 radical (unpaired) electrons. The lowest BCUT2D eigenvalue weighted by Crippen LogP contribution is -2.44. The van der Waals surface area contributed by atoms with Crippen LogP contribution in [0, 0.1) is 11.6 Å². The fourth-order valence-corrected chi connectivity index (χ4v) is 5.23. The van der Waals surface area contributed by atoms with E-state index in [2.05, 4.69) is 54.4 Å². The highest BCUT2D eigenvalue weighted by Gasteiger charge is 2.40. The Morgan fingerprint density at radius 1 is 1.28 bits per heavy atom. The molecule has 0 aromatic heterocycles. The highest BCUT2D eigenvalue weighted by molar-refractivity contribution is 5.58. The van der Waals surface area contributed by atoms with Crippen LogP contribution in [0.5, 0.6) is 0 Å².